The summed E-state index contributed by atoms with van der Waals surface area (Å²) in [7, 11) is -1.16. The Kier molecular flexibility index (Phi) is 7.96. The van der Waals surface area contributed by atoms with Crippen LogP contribution in [0.2, 0.25) is 0 Å². The van der Waals surface area contributed by atoms with Crippen LogP contribution in [0.4, 0.5) is 16.5 Å². The van der Waals surface area contributed by atoms with Crippen LogP contribution in [-0.2, 0) is 14.8 Å². The van der Waals surface area contributed by atoms with Crippen molar-refractivity contribution in [3.05, 3.63) is 78.6 Å². The minimum Gasteiger partial charge on any atom is -0.481 e. The number of ether oxygens (including phenoxy) is 2. The number of nitrogens with one attached hydrogen (secondary N) is 3. The number of hydrogen-bond acceptors (Lipinski definition) is 9. The van der Waals surface area contributed by atoms with E-state index in [1.54, 1.807) is 18.2 Å². The summed E-state index contributed by atoms with van der Waals surface area (Å²) in [6.45, 7) is 0. The summed E-state index contributed by atoms with van der Waals surface area (Å²) in [5.41, 5.74) is 1.85. The van der Waals surface area contributed by atoms with Gasteiger partial charge in [0.1, 0.15) is 17.1 Å². The van der Waals surface area contributed by atoms with Crippen molar-refractivity contribution in [2.24, 2.45) is 0 Å². The summed E-state index contributed by atoms with van der Waals surface area (Å²) in [5, 5.41) is 6.76. The number of esters is 1. The fraction of sp³-hybridized carbons (Fsp3) is 0.0833. The summed E-state index contributed by atoms with van der Waals surface area (Å²) in [6, 6.07) is 18.7. The minimum atomic E-state index is -3.90. The summed E-state index contributed by atoms with van der Waals surface area (Å²) in [4.78, 5) is 20.9. The van der Waals surface area contributed by atoms with Gasteiger partial charge in [-0.25, -0.2) is 23.2 Å². The van der Waals surface area contributed by atoms with Crippen molar-refractivity contribution >= 4 is 61.2 Å². The van der Waals surface area contributed by atoms with Gasteiger partial charge in [-0.1, -0.05) is 30.3 Å². The molecule has 0 unspecified atom stereocenters. The molecule has 0 radical (unpaired) electrons. The highest BCUT2D eigenvalue weighted by molar-refractivity contribution is 7.92. The molecule has 10 nitrogen and oxygen atoms in total. The number of thiophene rings is 1. The van der Waals surface area contributed by atoms with Crippen LogP contribution in [0.15, 0.2) is 78.0 Å². The largest absolute Gasteiger partial charge is 0.481 e. The molecule has 2 aromatic heterocycles. The molecule has 4 aromatic rings. The monoisotopic (exact) mass is 555 g/mol. The fourth-order valence-electron chi connectivity index (χ4n) is 3.18. The first-order valence-corrected chi connectivity index (χ1v) is 13.3. The molecule has 0 saturated carbocycles. The molecule has 0 aliphatic rings. The average molecular weight is 556 g/mol. The molecule has 0 saturated heterocycles. The number of carbonyl (C=O) groups is 1. The molecule has 0 aliphatic carbocycles. The van der Waals surface area contributed by atoms with Crippen LogP contribution in [-0.4, -0.2) is 43.7 Å². The van der Waals surface area contributed by atoms with Gasteiger partial charge in [-0.2, -0.15) is 0 Å². The van der Waals surface area contributed by atoms with Gasteiger partial charge >= 0.3 is 5.97 Å². The molecule has 37 heavy (non-hydrogen) atoms. The van der Waals surface area contributed by atoms with Gasteiger partial charge in [0.15, 0.2) is 5.11 Å². The topological polar surface area (TPSA) is 132 Å². The van der Waals surface area contributed by atoms with Crippen LogP contribution < -0.4 is 20.1 Å². The zero-order valence-corrected chi connectivity index (χ0v) is 22.0. The maximum atomic E-state index is 12.7. The van der Waals surface area contributed by atoms with Crippen LogP contribution in [0.5, 0.6) is 5.88 Å². The second-order valence-electron chi connectivity index (χ2n) is 7.37. The van der Waals surface area contributed by atoms with E-state index in [2.05, 4.69) is 25.3 Å². The Morgan fingerprint density at radius 2 is 1.70 bits per heavy atom. The Bertz CT molecular complexity index is 1520. The highest BCUT2D eigenvalue weighted by Gasteiger charge is 2.19. The Hall–Kier alpha value is -4.07. The molecule has 0 aliphatic heterocycles. The second kappa shape index (κ2) is 11.3. The Morgan fingerprint density at radius 1 is 0.973 bits per heavy atom. The predicted molar refractivity (Wildman–Crippen MR) is 147 cm³/mol. The maximum Gasteiger partial charge on any atom is 0.340 e. The predicted octanol–water partition coefficient (Wildman–Crippen LogP) is 4.61. The van der Waals surface area contributed by atoms with Gasteiger partial charge in [0.05, 0.1) is 24.7 Å². The number of aromatic nitrogens is 2. The number of thiocarbonyl (C=S) groups is 1. The van der Waals surface area contributed by atoms with Crippen LogP contribution >= 0.6 is 23.6 Å². The van der Waals surface area contributed by atoms with E-state index >= 15 is 0 Å². The number of sulfonamides is 1. The number of carbonyl (C=O) groups excluding carboxylic acids is 1. The number of rotatable bonds is 8. The molecule has 0 atom stereocenters. The lowest BCUT2D eigenvalue weighted by Gasteiger charge is -2.12. The second-order valence-corrected chi connectivity index (χ2v) is 10.5. The van der Waals surface area contributed by atoms with Crippen molar-refractivity contribution in [3.8, 4) is 16.3 Å². The van der Waals surface area contributed by atoms with E-state index in [0.717, 1.165) is 10.4 Å². The smallest absolute Gasteiger partial charge is 0.340 e. The van der Waals surface area contributed by atoms with Gasteiger partial charge in [0.2, 0.25) is 5.88 Å². The van der Waals surface area contributed by atoms with E-state index in [9.17, 15) is 13.2 Å². The van der Waals surface area contributed by atoms with Crippen molar-refractivity contribution in [1.82, 2.24) is 9.97 Å². The van der Waals surface area contributed by atoms with Crippen molar-refractivity contribution < 1.29 is 22.7 Å². The quantitative estimate of drug-likeness (QED) is 0.209. The molecular formula is C24H21N5O5S3. The summed E-state index contributed by atoms with van der Waals surface area (Å²) in [5.74, 6) is -0.191. The van der Waals surface area contributed by atoms with Crippen LogP contribution in [0.25, 0.3) is 10.4 Å². The van der Waals surface area contributed by atoms with Gasteiger partial charge in [0.25, 0.3) is 10.0 Å². The first-order valence-electron chi connectivity index (χ1n) is 10.6. The molecule has 3 N–H and O–H groups in total. The van der Waals surface area contributed by atoms with Gasteiger partial charge in [-0.05, 0) is 48.1 Å². The molecule has 0 spiro atoms. The van der Waals surface area contributed by atoms with E-state index in [1.165, 1.54) is 50.1 Å². The lowest BCUT2D eigenvalue weighted by atomic mass is 10.1. The third kappa shape index (κ3) is 6.39. The van der Waals surface area contributed by atoms with E-state index < -0.39 is 16.0 Å². The standard InChI is InChI=1S/C24H21N5O5S3/c1-33-21-13-20(25-14-26-21)29-37(31,32)17-10-8-16(9-11-17)27-24(35)28-22-18(23(30)34-2)12-19(36-22)15-6-4-3-5-7-15/h3-14H,1-2H3,(H,25,26,29)(H2,27,28,35). The van der Waals surface area contributed by atoms with E-state index in [0.29, 0.717) is 16.3 Å². The lowest BCUT2D eigenvalue weighted by molar-refractivity contribution is 0.0602. The van der Waals surface area contributed by atoms with E-state index in [4.69, 9.17) is 21.7 Å². The molecule has 4 rings (SSSR count). The Morgan fingerprint density at radius 3 is 2.38 bits per heavy atom. The normalized spacial score (nSPS) is 10.9. The molecule has 0 fully saturated rings. The Labute approximate surface area is 222 Å². The Balaban J connectivity index is 1.46. The average Bonchev–Trinajstić information content (AvgIpc) is 3.32. The number of methoxy groups -OCH3 is 2. The summed E-state index contributed by atoms with van der Waals surface area (Å²) >= 11 is 6.78. The van der Waals surface area contributed by atoms with Crippen molar-refractivity contribution in [2.75, 3.05) is 29.6 Å². The number of anilines is 3. The summed E-state index contributed by atoms with van der Waals surface area (Å²) in [6.07, 6.45) is 1.19. The van der Waals surface area contributed by atoms with E-state index in [1.807, 2.05) is 30.3 Å². The van der Waals surface area contributed by atoms with Gasteiger partial charge in [0, 0.05) is 16.6 Å². The van der Waals surface area contributed by atoms with Crippen molar-refractivity contribution in [1.29, 1.82) is 0 Å². The van der Waals surface area contributed by atoms with Crippen molar-refractivity contribution in [3.63, 3.8) is 0 Å². The molecule has 0 amide bonds. The molecule has 190 valence electrons. The van der Waals surface area contributed by atoms with E-state index in [-0.39, 0.29) is 21.7 Å². The number of hydrogen-bond donors (Lipinski definition) is 3. The van der Waals surface area contributed by atoms with Crippen LogP contribution in [0.3, 0.4) is 0 Å². The number of nitrogens with zero attached hydrogens (tertiary/aromatic N) is 2. The SMILES string of the molecule is COC(=O)c1cc(-c2ccccc2)sc1NC(=S)Nc1ccc(S(=O)(=O)Nc2cc(OC)ncn2)cc1. The highest BCUT2D eigenvalue weighted by Crippen LogP contribution is 2.36. The molecular weight excluding hydrogens is 534 g/mol. The minimum absolute atomic E-state index is 0.0215. The first kappa shape index (κ1) is 26.0. The summed E-state index contributed by atoms with van der Waals surface area (Å²) < 4.78 is 37.7. The zero-order valence-electron chi connectivity index (χ0n) is 19.6. The highest BCUT2D eigenvalue weighted by atomic mass is 32.2. The molecule has 13 heteroatoms. The number of benzene rings is 2. The third-order valence-electron chi connectivity index (χ3n) is 4.94. The van der Waals surface area contributed by atoms with Crippen LogP contribution in [0.1, 0.15) is 10.4 Å². The van der Waals surface area contributed by atoms with Gasteiger partial charge in [-0.15, -0.1) is 11.3 Å². The van der Waals surface area contributed by atoms with Gasteiger partial charge < -0.3 is 20.1 Å². The molecule has 2 aromatic carbocycles. The zero-order chi connectivity index (χ0) is 26.4. The first-order chi connectivity index (χ1) is 17.8. The molecule has 2 heterocycles. The maximum absolute atomic E-state index is 12.7. The van der Waals surface area contributed by atoms with Crippen molar-refractivity contribution in [2.45, 2.75) is 4.90 Å². The third-order valence-corrected chi connectivity index (χ3v) is 7.61. The molecule has 0 bridgehead atoms. The fourth-order valence-corrected chi connectivity index (χ4v) is 5.52. The van der Waals surface area contributed by atoms with Crippen LogP contribution in [0, 0.1) is 0 Å². The van der Waals surface area contributed by atoms with Gasteiger partial charge in [-0.3, -0.25) is 4.72 Å². The lowest BCUT2D eigenvalue weighted by Crippen LogP contribution is -2.20.